The molecule has 0 spiro atoms. The molecule has 0 radical (unpaired) electrons. The number of halogens is 2. The minimum absolute atomic E-state index is 0.139. The lowest BCUT2D eigenvalue weighted by Gasteiger charge is -2.37. The van der Waals surface area contributed by atoms with Gasteiger partial charge in [0.15, 0.2) is 10.1 Å². The van der Waals surface area contributed by atoms with Crippen LogP contribution in [0.15, 0.2) is 41.5 Å². The molecule has 2 aliphatic heterocycles. The number of nitrogens with one attached hydrogen (secondary N) is 2. The first kappa shape index (κ1) is 20.6. The second kappa shape index (κ2) is 8.21. The molecule has 3 heterocycles. The van der Waals surface area contributed by atoms with Gasteiger partial charge in [0.2, 0.25) is 0 Å². The maximum Gasteiger partial charge on any atom is 0.410 e. The molecule has 11 heteroatoms. The van der Waals surface area contributed by atoms with Crippen molar-refractivity contribution < 1.29 is 23.8 Å². The van der Waals surface area contributed by atoms with Gasteiger partial charge in [0, 0.05) is 36.5 Å². The standard InChI is InChI=1S/C19H16ClFN4O4S/c20-11-1-4-15(22-9-11)16(26)24-12-2-3-14(21)13(7-12)19-10(5-6-29-19)8-23-17(30-19)25-18(27)28/h1-4,7,9-10H,5-6,8H2,(H,23,25)(H,24,26)(H,27,28)/t10-,19-/m1/s1. The number of benzene rings is 1. The predicted molar refractivity (Wildman–Crippen MR) is 110 cm³/mol. The number of hydrogen-bond donors (Lipinski definition) is 3. The summed E-state index contributed by atoms with van der Waals surface area (Å²) in [6, 6.07) is 7.20. The zero-order valence-electron chi connectivity index (χ0n) is 15.4. The number of carbonyl (C=O) groups is 2. The van der Waals surface area contributed by atoms with Gasteiger partial charge in [0.1, 0.15) is 11.5 Å². The molecule has 2 amide bonds. The molecule has 1 saturated heterocycles. The third kappa shape index (κ3) is 3.98. The Bertz CT molecular complexity index is 1040. The predicted octanol–water partition coefficient (Wildman–Crippen LogP) is 3.69. The van der Waals surface area contributed by atoms with Gasteiger partial charge < -0.3 is 15.2 Å². The fraction of sp³-hybridized carbons (Fsp3) is 0.263. The number of aromatic nitrogens is 1. The molecule has 0 bridgehead atoms. The number of hydrogen-bond acceptors (Lipinski definition) is 6. The van der Waals surface area contributed by atoms with Crippen LogP contribution >= 0.6 is 23.4 Å². The van der Waals surface area contributed by atoms with Gasteiger partial charge in [0.05, 0.1) is 5.02 Å². The highest BCUT2D eigenvalue weighted by atomic mass is 35.5. The Balaban J connectivity index is 1.64. The fourth-order valence-corrected chi connectivity index (χ4v) is 4.88. The fourth-order valence-electron chi connectivity index (χ4n) is 3.44. The molecule has 1 aromatic carbocycles. The summed E-state index contributed by atoms with van der Waals surface area (Å²) in [5.41, 5.74) is 0.731. The monoisotopic (exact) mass is 450 g/mol. The first-order valence-corrected chi connectivity index (χ1v) is 10.2. The van der Waals surface area contributed by atoms with Gasteiger partial charge in [-0.1, -0.05) is 11.6 Å². The second-order valence-electron chi connectivity index (χ2n) is 6.69. The molecule has 30 heavy (non-hydrogen) atoms. The van der Waals surface area contributed by atoms with E-state index in [-0.39, 0.29) is 22.3 Å². The summed E-state index contributed by atoms with van der Waals surface area (Å²) in [7, 11) is 0. The average Bonchev–Trinajstić information content (AvgIpc) is 3.13. The van der Waals surface area contributed by atoms with Crippen molar-refractivity contribution >= 4 is 46.2 Å². The Morgan fingerprint density at radius 2 is 2.13 bits per heavy atom. The number of anilines is 1. The number of carboxylic acid groups (broad SMARTS) is 1. The van der Waals surface area contributed by atoms with E-state index in [1.807, 2.05) is 0 Å². The number of fused-ring (bicyclic) bond motifs is 1. The molecule has 8 nitrogen and oxygen atoms in total. The summed E-state index contributed by atoms with van der Waals surface area (Å²) >= 11 is 6.82. The number of thioether (sulfide) groups is 1. The minimum Gasteiger partial charge on any atom is -0.465 e. The van der Waals surface area contributed by atoms with E-state index >= 15 is 0 Å². The highest BCUT2D eigenvalue weighted by Crippen LogP contribution is 2.53. The summed E-state index contributed by atoms with van der Waals surface area (Å²) in [5, 5.41) is 14.5. The SMILES string of the molecule is O=C(O)NC1=NC[C@H]2CCO[C@@]2(c2cc(NC(=O)c3ccc(Cl)cn3)ccc2F)S1. The highest BCUT2D eigenvalue weighted by molar-refractivity contribution is 8.14. The van der Waals surface area contributed by atoms with Crippen LogP contribution in [0.1, 0.15) is 22.5 Å². The highest BCUT2D eigenvalue weighted by Gasteiger charge is 2.51. The lowest BCUT2D eigenvalue weighted by Crippen LogP contribution is -2.41. The lowest BCUT2D eigenvalue weighted by atomic mass is 9.93. The van der Waals surface area contributed by atoms with Crippen LogP contribution in [0.25, 0.3) is 0 Å². The molecule has 0 aliphatic carbocycles. The molecule has 156 valence electrons. The van der Waals surface area contributed by atoms with Gasteiger partial charge in [0.25, 0.3) is 5.91 Å². The maximum atomic E-state index is 14.9. The number of amides is 2. The van der Waals surface area contributed by atoms with Crippen molar-refractivity contribution in [3.63, 3.8) is 0 Å². The summed E-state index contributed by atoms with van der Waals surface area (Å²) in [5.74, 6) is -1.13. The first-order valence-electron chi connectivity index (χ1n) is 8.98. The van der Waals surface area contributed by atoms with Gasteiger partial charge >= 0.3 is 6.09 Å². The van der Waals surface area contributed by atoms with Crippen LogP contribution in [0.4, 0.5) is 14.9 Å². The van der Waals surface area contributed by atoms with E-state index in [1.54, 1.807) is 6.07 Å². The molecule has 2 aliphatic rings. The maximum absolute atomic E-state index is 14.9. The van der Waals surface area contributed by atoms with Crippen LogP contribution in [0.5, 0.6) is 0 Å². The Kier molecular flexibility index (Phi) is 5.63. The third-order valence-corrected chi connectivity index (χ3v) is 6.42. The number of nitrogens with zero attached hydrogens (tertiary/aromatic N) is 2. The minimum atomic E-state index is -1.26. The summed E-state index contributed by atoms with van der Waals surface area (Å²) < 4.78 is 20.8. The van der Waals surface area contributed by atoms with Crippen molar-refractivity contribution in [1.29, 1.82) is 0 Å². The van der Waals surface area contributed by atoms with Crippen molar-refractivity contribution in [2.45, 2.75) is 11.4 Å². The number of aliphatic imine (C=N–C) groups is 1. The van der Waals surface area contributed by atoms with Crippen molar-refractivity contribution in [1.82, 2.24) is 10.3 Å². The average molecular weight is 451 g/mol. The largest absolute Gasteiger partial charge is 0.465 e. The van der Waals surface area contributed by atoms with E-state index in [1.165, 1.54) is 30.5 Å². The van der Waals surface area contributed by atoms with Crippen LogP contribution in [0.2, 0.25) is 5.02 Å². The molecule has 0 unspecified atom stereocenters. The van der Waals surface area contributed by atoms with E-state index in [0.717, 1.165) is 11.8 Å². The van der Waals surface area contributed by atoms with Gasteiger partial charge in [-0.3, -0.25) is 15.1 Å². The Labute approximate surface area is 179 Å². The van der Waals surface area contributed by atoms with E-state index in [4.69, 9.17) is 21.4 Å². The van der Waals surface area contributed by atoms with Gasteiger partial charge in [-0.15, -0.1) is 0 Å². The van der Waals surface area contributed by atoms with Gasteiger partial charge in [-0.25, -0.2) is 14.2 Å². The van der Waals surface area contributed by atoms with Crippen molar-refractivity contribution in [3.8, 4) is 0 Å². The molecule has 4 rings (SSSR count). The third-order valence-electron chi connectivity index (χ3n) is 4.80. The Hall–Kier alpha value is -2.69. The summed E-state index contributed by atoms with van der Waals surface area (Å²) in [6.45, 7) is 0.686. The van der Waals surface area contributed by atoms with Crippen molar-refractivity contribution in [2.75, 3.05) is 18.5 Å². The quantitative estimate of drug-likeness (QED) is 0.657. The first-order chi connectivity index (χ1) is 14.4. The molecule has 3 N–H and O–H groups in total. The molecular weight excluding hydrogens is 435 g/mol. The van der Waals surface area contributed by atoms with Crippen molar-refractivity contribution in [2.24, 2.45) is 10.9 Å². The zero-order valence-corrected chi connectivity index (χ0v) is 17.0. The van der Waals surface area contributed by atoms with Crippen LogP contribution in [-0.4, -0.2) is 40.4 Å². The Morgan fingerprint density at radius 3 is 2.87 bits per heavy atom. The van der Waals surface area contributed by atoms with Crippen LogP contribution < -0.4 is 10.6 Å². The van der Waals surface area contributed by atoms with E-state index in [2.05, 4.69) is 20.6 Å². The lowest BCUT2D eigenvalue weighted by molar-refractivity contribution is 0.0560. The van der Waals surface area contributed by atoms with Crippen molar-refractivity contribution in [3.05, 3.63) is 58.6 Å². The molecule has 0 saturated carbocycles. The smallest absolute Gasteiger partial charge is 0.410 e. The van der Waals surface area contributed by atoms with Gasteiger partial charge in [-0.2, -0.15) is 0 Å². The molecular formula is C19H16ClFN4O4S. The summed E-state index contributed by atoms with van der Waals surface area (Å²) in [6.07, 6.45) is 0.753. The molecule has 1 aromatic heterocycles. The van der Waals surface area contributed by atoms with Gasteiger partial charge in [-0.05, 0) is 48.5 Å². The second-order valence-corrected chi connectivity index (χ2v) is 8.32. The number of amidine groups is 1. The molecule has 2 aromatic rings. The number of rotatable bonds is 3. The van der Waals surface area contributed by atoms with E-state index in [0.29, 0.717) is 30.3 Å². The van der Waals surface area contributed by atoms with Crippen LogP contribution in [-0.2, 0) is 9.67 Å². The van der Waals surface area contributed by atoms with Crippen LogP contribution in [0.3, 0.4) is 0 Å². The number of ether oxygens (including phenoxy) is 1. The normalized spacial score (nSPS) is 22.7. The number of pyridine rings is 1. The molecule has 2 atom stereocenters. The molecule has 1 fully saturated rings. The van der Waals surface area contributed by atoms with Crippen LogP contribution in [0, 0.1) is 11.7 Å². The summed E-state index contributed by atoms with van der Waals surface area (Å²) in [4.78, 5) is 30.5. The van der Waals surface area contributed by atoms with E-state index in [9.17, 15) is 14.0 Å². The van der Waals surface area contributed by atoms with E-state index < -0.39 is 22.8 Å². The number of carbonyl (C=O) groups excluding carboxylic acids is 1. The topological polar surface area (TPSA) is 113 Å². The zero-order chi connectivity index (χ0) is 21.3. The Morgan fingerprint density at radius 1 is 1.30 bits per heavy atom.